The van der Waals surface area contributed by atoms with Crippen LogP contribution in [0.2, 0.25) is 0 Å². The molecule has 0 unspecified atom stereocenters. The first-order valence-electron chi connectivity index (χ1n) is 6.60. The van der Waals surface area contributed by atoms with E-state index in [1.807, 2.05) is 0 Å². The molecule has 2 fully saturated rings. The molecule has 2 aliphatic rings. The Labute approximate surface area is 107 Å². The Morgan fingerprint density at radius 3 is 2.50 bits per heavy atom. The van der Waals surface area contributed by atoms with E-state index >= 15 is 0 Å². The van der Waals surface area contributed by atoms with Crippen molar-refractivity contribution in [3.8, 4) is 0 Å². The third-order valence-corrected chi connectivity index (χ3v) is 4.40. The van der Waals surface area contributed by atoms with Gasteiger partial charge in [0, 0.05) is 19.8 Å². The van der Waals surface area contributed by atoms with Crippen molar-refractivity contribution in [2.24, 2.45) is 11.3 Å². The van der Waals surface area contributed by atoms with E-state index in [9.17, 15) is 9.59 Å². The van der Waals surface area contributed by atoms with Crippen molar-refractivity contribution < 1.29 is 19.4 Å². The molecule has 0 aromatic carbocycles. The van der Waals surface area contributed by atoms with Gasteiger partial charge in [-0.1, -0.05) is 6.42 Å². The minimum atomic E-state index is -0.752. The fourth-order valence-corrected chi connectivity index (χ4v) is 2.77. The quantitative estimate of drug-likeness (QED) is 0.747. The zero-order valence-corrected chi connectivity index (χ0v) is 10.8. The summed E-state index contributed by atoms with van der Waals surface area (Å²) in [4.78, 5) is 22.9. The number of carbonyl (C=O) groups excluding carboxylic acids is 1. The van der Waals surface area contributed by atoms with Gasteiger partial charge in [0.15, 0.2) is 0 Å². The van der Waals surface area contributed by atoms with Gasteiger partial charge in [-0.25, -0.2) is 0 Å². The number of aliphatic carboxylic acids is 1. The number of carboxylic acids is 1. The van der Waals surface area contributed by atoms with Crippen molar-refractivity contribution in [1.29, 1.82) is 0 Å². The van der Waals surface area contributed by atoms with E-state index in [0.717, 1.165) is 25.7 Å². The second-order valence-corrected chi connectivity index (χ2v) is 5.55. The molecule has 0 atom stereocenters. The molecule has 0 aliphatic heterocycles. The summed E-state index contributed by atoms with van der Waals surface area (Å²) >= 11 is 0. The first kappa shape index (κ1) is 13.3. The highest BCUT2D eigenvalue weighted by Crippen LogP contribution is 2.44. The maximum atomic E-state index is 12.2. The summed E-state index contributed by atoms with van der Waals surface area (Å²) in [6.07, 6.45) is 4.86. The molecular formula is C13H21NO4. The highest BCUT2D eigenvalue weighted by Gasteiger charge is 2.45. The highest BCUT2D eigenvalue weighted by molar-refractivity contribution is 5.84. The van der Waals surface area contributed by atoms with Gasteiger partial charge < -0.3 is 15.2 Å². The summed E-state index contributed by atoms with van der Waals surface area (Å²) in [7, 11) is 1.65. The average molecular weight is 255 g/mol. The lowest BCUT2D eigenvalue weighted by Gasteiger charge is -2.43. The number of carboxylic acid groups (broad SMARTS) is 1. The smallest absolute Gasteiger partial charge is 0.306 e. The summed E-state index contributed by atoms with van der Waals surface area (Å²) in [6.45, 7) is 0.607. The second kappa shape index (κ2) is 5.26. The zero-order valence-electron chi connectivity index (χ0n) is 10.8. The van der Waals surface area contributed by atoms with Gasteiger partial charge in [0.05, 0.1) is 11.3 Å². The van der Waals surface area contributed by atoms with Gasteiger partial charge in [-0.05, 0) is 32.1 Å². The first-order chi connectivity index (χ1) is 8.57. The van der Waals surface area contributed by atoms with Gasteiger partial charge in [0.25, 0.3) is 0 Å². The molecule has 0 bridgehead atoms. The van der Waals surface area contributed by atoms with E-state index in [2.05, 4.69) is 5.32 Å². The number of ether oxygens (including phenoxy) is 1. The van der Waals surface area contributed by atoms with Crippen LogP contribution in [0.25, 0.3) is 0 Å². The Kier molecular flexibility index (Phi) is 3.90. The highest BCUT2D eigenvalue weighted by atomic mass is 16.5. The molecule has 2 aliphatic carbocycles. The topological polar surface area (TPSA) is 75.6 Å². The summed E-state index contributed by atoms with van der Waals surface area (Å²) in [5.74, 6) is -0.926. The lowest BCUT2D eigenvalue weighted by atomic mass is 9.65. The fraction of sp³-hybridized carbons (Fsp3) is 0.846. The van der Waals surface area contributed by atoms with Crippen molar-refractivity contribution in [2.75, 3.05) is 13.7 Å². The molecule has 0 saturated heterocycles. The fourth-order valence-electron chi connectivity index (χ4n) is 2.77. The number of carbonyl (C=O) groups is 2. The van der Waals surface area contributed by atoms with Crippen molar-refractivity contribution in [1.82, 2.24) is 5.32 Å². The van der Waals surface area contributed by atoms with Crippen LogP contribution in [0.5, 0.6) is 0 Å². The van der Waals surface area contributed by atoms with Gasteiger partial charge >= 0.3 is 5.97 Å². The molecule has 0 radical (unpaired) electrons. The lowest BCUT2D eigenvalue weighted by molar-refractivity contribution is -0.148. The molecule has 0 aromatic rings. The predicted molar refractivity (Wildman–Crippen MR) is 65.1 cm³/mol. The first-order valence-corrected chi connectivity index (χ1v) is 6.60. The largest absolute Gasteiger partial charge is 0.481 e. The van der Waals surface area contributed by atoms with Crippen LogP contribution < -0.4 is 5.32 Å². The van der Waals surface area contributed by atoms with Crippen LogP contribution in [0.3, 0.4) is 0 Å². The maximum absolute atomic E-state index is 12.2. The maximum Gasteiger partial charge on any atom is 0.306 e. The van der Waals surface area contributed by atoms with Crippen LogP contribution in [-0.4, -0.2) is 36.7 Å². The normalized spacial score (nSPS) is 28.9. The standard InChI is InChI=1S/C13H21NO4/c1-18-6-5-13(3-2-4-13)12(17)14-10-7-9(8-10)11(15)16/h9-10H,2-8H2,1H3,(H,14,17)(H,15,16). The number of hydrogen-bond donors (Lipinski definition) is 2. The van der Waals surface area contributed by atoms with Crippen LogP contribution in [0, 0.1) is 11.3 Å². The SMILES string of the molecule is COCCC1(C(=O)NC2CC(C(=O)O)C2)CCC1. The molecule has 2 N–H and O–H groups in total. The molecule has 2 saturated carbocycles. The Hall–Kier alpha value is -1.10. The van der Waals surface area contributed by atoms with Gasteiger partial charge in [-0.2, -0.15) is 0 Å². The Morgan fingerprint density at radius 2 is 2.06 bits per heavy atom. The van der Waals surface area contributed by atoms with E-state index in [0.29, 0.717) is 19.4 Å². The van der Waals surface area contributed by atoms with Crippen molar-refractivity contribution >= 4 is 11.9 Å². The summed E-state index contributed by atoms with van der Waals surface area (Å²) < 4.78 is 5.06. The van der Waals surface area contributed by atoms with Crippen LogP contribution in [-0.2, 0) is 14.3 Å². The van der Waals surface area contributed by atoms with E-state index in [1.54, 1.807) is 7.11 Å². The van der Waals surface area contributed by atoms with E-state index in [4.69, 9.17) is 9.84 Å². The van der Waals surface area contributed by atoms with Crippen molar-refractivity contribution in [3.05, 3.63) is 0 Å². The molecule has 18 heavy (non-hydrogen) atoms. The summed E-state index contributed by atoms with van der Waals surface area (Å²) in [5.41, 5.74) is -0.246. The van der Waals surface area contributed by atoms with Crippen molar-refractivity contribution in [2.45, 2.75) is 44.6 Å². The molecular weight excluding hydrogens is 234 g/mol. The van der Waals surface area contributed by atoms with Crippen LogP contribution in [0.4, 0.5) is 0 Å². The molecule has 0 spiro atoms. The van der Waals surface area contributed by atoms with Crippen LogP contribution >= 0.6 is 0 Å². The number of amides is 1. The Balaban J connectivity index is 1.79. The number of rotatable bonds is 6. The molecule has 5 heteroatoms. The summed E-state index contributed by atoms with van der Waals surface area (Å²) in [5, 5.41) is 11.8. The second-order valence-electron chi connectivity index (χ2n) is 5.55. The summed E-state index contributed by atoms with van der Waals surface area (Å²) in [6, 6.07) is 0.0543. The van der Waals surface area contributed by atoms with E-state index in [1.165, 1.54) is 0 Å². The van der Waals surface area contributed by atoms with Gasteiger partial charge in [0.2, 0.25) is 5.91 Å². The predicted octanol–water partition coefficient (Wildman–Crippen LogP) is 1.17. The Morgan fingerprint density at radius 1 is 1.39 bits per heavy atom. The van der Waals surface area contributed by atoms with E-state index in [-0.39, 0.29) is 23.3 Å². The molecule has 0 aromatic heterocycles. The van der Waals surface area contributed by atoms with Gasteiger partial charge in [-0.3, -0.25) is 9.59 Å². The lowest BCUT2D eigenvalue weighted by Crippen LogP contribution is -2.54. The molecule has 0 heterocycles. The molecule has 2 rings (SSSR count). The minimum Gasteiger partial charge on any atom is -0.481 e. The third-order valence-electron chi connectivity index (χ3n) is 4.40. The Bertz CT molecular complexity index is 332. The van der Waals surface area contributed by atoms with Crippen LogP contribution in [0.15, 0.2) is 0 Å². The molecule has 102 valence electrons. The minimum absolute atomic E-state index is 0.0543. The van der Waals surface area contributed by atoms with Gasteiger partial charge in [0.1, 0.15) is 0 Å². The molecule has 1 amide bonds. The monoisotopic (exact) mass is 255 g/mol. The van der Waals surface area contributed by atoms with Crippen LogP contribution in [0.1, 0.15) is 38.5 Å². The average Bonchev–Trinajstić information content (AvgIpc) is 2.20. The third kappa shape index (κ3) is 2.51. The van der Waals surface area contributed by atoms with E-state index < -0.39 is 5.97 Å². The number of hydrogen-bond acceptors (Lipinski definition) is 3. The number of methoxy groups -OCH3 is 1. The van der Waals surface area contributed by atoms with Crippen molar-refractivity contribution in [3.63, 3.8) is 0 Å². The van der Waals surface area contributed by atoms with Gasteiger partial charge in [-0.15, -0.1) is 0 Å². The number of nitrogens with one attached hydrogen (secondary N) is 1. The molecule has 5 nitrogen and oxygen atoms in total. The zero-order chi connectivity index (χ0) is 13.2.